The first-order valence-electron chi connectivity index (χ1n) is 10.8. The molecular formula is C28H12F6O4. The van der Waals surface area contributed by atoms with Crippen molar-refractivity contribution in [2.24, 2.45) is 0 Å². The molecule has 0 aliphatic heterocycles. The lowest BCUT2D eigenvalue weighted by atomic mass is 10.0. The van der Waals surface area contributed by atoms with Crippen LogP contribution >= 0.6 is 0 Å². The molecule has 0 heterocycles. The van der Waals surface area contributed by atoms with E-state index in [4.69, 9.17) is 9.47 Å². The third kappa shape index (κ3) is 4.63. The third-order valence-corrected chi connectivity index (χ3v) is 5.64. The van der Waals surface area contributed by atoms with Crippen LogP contribution in [0.3, 0.4) is 0 Å². The molecule has 4 nitrogen and oxygen atoms in total. The average Bonchev–Trinajstić information content (AvgIpc) is 2.89. The van der Waals surface area contributed by atoms with Crippen LogP contribution in [0.4, 0.5) is 26.3 Å². The predicted octanol–water partition coefficient (Wildman–Crippen LogP) is 7.27. The maximum absolute atomic E-state index is 13.5. The molecule has 190 valence electrons. The molecule has 38 heavy (non-hydrogen) atoms. The maximum atomic E-state index is 13.5. The highest BCUT2D eigenvalue weighted by molar-refractivity contribution is 6.09. The maximum Gasteiger partial charge on any atom is 0.343 e. The molecule has 0 saturated carbocycles. The summed E-state index contributed by atoms with van der Waals surface area (Å²) in [6.07, 6.45) is 0. The Hall–Kier alpha value is -4.86. The van der Waals surface area contributed by atoms with Crippen LogP contribution in [0.15, 0.2) is 72.8 Å². The number of rotatable bonds is 4. The van der Waals surface area contributed by atoms with E-state index in [2.05, 4.69) is 0 Å². The number of halogens is 6. The molecule has 5 rings (SSSR count). The standard InChI is InChI=1S/C28H12F6O4/c29-21-7-15(8-22(30)25(21)33)27(35)37-17-5-3-13-1-2-14-4-6-18(12-20(14)19(13)11-17)38-28(36)16-9-23(31)26(34)24(32)10-16/h1-12H. The number of ether oxygens (including phenoxy) is 2. The van der Waals surface area contributed by atoms with Gasteiger partial charge in [0.05, 0.1) is 11.1 Å². The molecule has 5 aromatic rings. The Morgan fingerprint density at radius 3 is 1.13 bits per heavy atom. The van der Waals surface area contributed by atoms with Gasteiger partial charge in [-0.15, -0.1) is 0 Å². The summed E-state index contributed by atoms with van der Waals surface area (Å²) in [5, 5.41) is 2.42. The van der Waals surface area contributed by atoms with Crippen LogP contribution in [0.1, 0.15) is 20.7 Å². The van der Waals surface area contributed by atoms with E-state index in [1.807, 2.05) is 0 Å². The highest BCUT2D eigenvalue weighted by Crippen LogP contribution is 2.32. The smallest absolute Gasteiger partial charge is 0.343 e. The second kappa shape index (κ2) is 9.55. The highest BCUT2D eigenvalue weighted by Gasteiger charge is 2.19. The summed E-state index contributed by atoms with van der Waals surface area (Å²) in [6, 6.07) is 14.6. The van der Waals surface area contributed by atoms with Crippen molar-refractivity contribution < 1.29 is 45.4 Å². The van der Waals surface area contributed by atoms with Crippen molar-refractivity contribution in [1.29, 1.82) is 0 Å². The molecule has 0 bridgehead atoms. The van der Waals surface area contributed by atoms with Crippen LogP contribution in [-0.4, -0.2) is 11.9 Å². The zero-order chi connectivity index (χ0) is 27.1. The first-order chi connectivity index (χ1) is 18.1. The fourth-order valence-corrected chi connectivity index (χ4v) is 3.81. The fourth-order valence-electron chi connectivity index (χ4n) is 3.81. The van der Waals surface area contributed by atoms with Crippen LogP contribution in [0.2, 0.25) is 0 Å². The molecule has 0 aliphatic rings. The van der Waals surface area contributed by atoms with Gasteiger partial charge < -0.3 is 9.47 Å². The van der Waals surface area contributed by atoms with Crippen LogP contribution in [0, 0.1) is 34.9 Å². The first-order valence-corrected chi connectivity index (χ1v) is 10.8. The van der Waals surface area contributed by atoms with Gasteiger partial charge in [-0.2, -0.15) is 0 Å². The van der Waals surface area contributed by atoms with E-state index in [1.54, 1.807) is 24.3 Å². The van der Waals surface area contributed by atoms with E-state index in [0.717, 1.165) is 0 Å². The van der Waals surface area contributed by atoms with Gasteiger partial charge in [0.15, 0.2) is 34.9 Å². The van der Waals surface area contributed by atoms with E-state index in [-0.39, 0.29) is 11.5 Å². The Bertz CT molecular complexity index is 1610. The van der Waals surface area contributed by atoms with E-state index in [1.165, 1.54) is 24.3 Å². The number of hydrogen-bond acceptors (Lipinski definition) is 4. The number of carbonyl (C=O) groups is 2. The molecule has 0 unspecified atom stereocenters. The zero-order valence-electron chi connectivity index (χ0n) is 18.8. The SMILES string of the molecule is O=C(Oc1ccc2ccc3ccc(OC(=O)c4cc(F)c(F)c(F)c4)cc3c2c1)c1cc(F)c(F)c(F)c1. The average molecular weight is 526 g/mol. The number of carbonyl (C=O) groups excluding carboxylic acids is 2. The summed E-state index contributed by atoms with van der Waals surface area (Å²) in [7, 11) is 0. The second-order valence-electron chi connectivity index (χ2n) is 8.12. The number of esters is 2. The van der Waals surface area contributed by atoms with Gasteiger partial charge in [-0.1, -0.05) is 24.3 Å². The molecule has 0 radical (unpaired) electrons. The molecule has 0 saturated heterocycles. The monoisotopic (exact) mass is 526 g/mol. The predicted molar refractivity (Wildman–Crippen MR) is 124 cm³/mol. The van der Waals surface area contributed by atoms with Crippen LogP contribution in [0.5, 0.6) is 11.5 Å². The van der Waals surface area contributed by atoms with Crippen molar-refractivity contribution >= 4 is 33.5 Å². The van der Waals surface area contributed by atoms with Gasteiger partial charge in [-0.25, -0.2) is 35.9 Å². The molecule has 0 fully saturated rings. The minimum atomic E-state index is -1.72. The molecule has 0 amide bonds. The van der Waals surface area contributed by atoms with Crippen LogP contribution in [-0.2, 0) is 0 Å². The fraction of sp³-hybridized carbons (Fsp3) is 0. The Morgan fingerprint density at radius 1 is 0.474 bits per heavy atom. The van der Waals surface area contributed by atoms with Crippen molar-refractivity contribution in [3.05, 3.63) is 119 Å². The molecule has 0 aliphatic carbocycles. The lowest BCUT2D eigenvalue weighted by Gasteiger charge is -2.10. The molecule has 0 atom stereocenters. The largest absolute Gasteiger partial charge is 0.423 e. The van der Waals surface area contributed by atoms with E-state index in [9.17, 15) is 35.9 Å². The van der Waals surface area contributed by atoms with Gasteiger partial charge in [0, 0.05) is 0 Å². The summed E-state index contributed by atoms with van der Waals surface area (Å²) >= 11 is 0. The van der Waals surface area contributed by atoms with Gasteiger partial charge in [-0.05, 0) is 70.1 Å². The Balaban J connectivity index is 1.47. The summed E-state index contributed by atoms with van der Waals surface area (Å²) in [4.78, 5) is 24.8. The number of benzene rings is 5. The molecule has 0 aromatic heterocycles. The Labute approximate surface area is 209 Å². The van der Waals surface area contributed by atoms with Crippen LogP contribution in [0.25, 0.3) is 21.5 Å². The second-order valence-corrected chi connectivity index (χ2v) is 8.12. The summed E-state index contributed by atoms with van der Waals surface area (Å²) in [6.45, 7) is 0. The van der Waals surface area contributed by atoms with Crippen molar-refractivity contribution in [2.45, 2.75) is 0 Å². The van der Waals surface area contributed by atoms with Gasteiger partial charge in [0.25, 0.3) is 0 Å². The lowest BCUT2D eigenvalue weighted by molar-refractivity contribution is 0.0724. The Kier molecular flexibility index (Phi) is 6.23. The lowest BCUT2D eigenvalue weighted by Crippen LogP contribution is -2.10. The van der Waals surface area contributed by atoms with Crippen molar-refractivity contribution in [1.82, 2.24) is 0 Å². The minimum Gasteiger partial charge on any atom is -0.423 e. The molecule has 5 aromatic carbocycles. The van der Waals surface area contributed by atoms with Crippen molar-refractivity contribution in [3.63, 3.8) is 0 Å². The van der Waals surface area contributed by atoms with E-state index >= 15 is 0 Å². The zero-order valence-corrected chi connectivity index (χ0v) is 18.8. The van der Waals surface area contributed by atoms with E-state index in [0.29, 0.717) is 45.8 Å². The van der Waals surface area contributed by atoms with Gasteiger partial charge in [0.2, 0.25) is 0 Å². The quantitative estimate of drug-likeness (QED) is 0.0813. The minimum absolute atomic E-state index is 0.000184. The van der Waals surface area contributed by atoms with Crippen LogP contribution < -0.4 is 9.47 Å². The topological polar surface area (TPSA) is 52.6 Å². The summed E-state index contributed by atoms with van der Waals surface area (Å²) in [5.74, 6) is -11.9. The molecular weight excluding hydrogens is 514 g/mol. The number of fused-ring (bicyclic) bond motifs is 3. The summed E-state index contributed by atoms with van der Waals surface area (Å²) in [5.41, 5.74) is -1.08. The molecule has 0 N–H and O–H groups in total. The summed E-state index contributed by atoms with van der Waals surface area (Å²) < 4.78 is 90.8. The van der Waals surface area contributed by atoms with Gasteiger partial charge in [0.1, 0.15) is 11.5 Å². The third-order valence-electron chi connectivity index (χ3n) is 5.64. The molecule has 10 heteroatoms. The van der Waals surface area contributed by atoms with Gasteiger partial charge >= 0.3 is 11.9 Å². The van der Waals surface area contributed by atoms with E-state index < -0.39 is 58.0 Å². The van der Waals surface area contributed by atoms with Gasteiger partial charge in [-0.3, -0.25) is 0 Å². The number of hydrogen-bond donors (Lipinski definition) is 0. The Morgan fingerprint density at radius 2 is 0.789 bits per heavy atom. The van der Waals surface area contributed by atoms with Crippen molar-refractivity contribution in [3.8, 4) is 11.5 Å². The van der Waals surface area contributed by atoms with Crippen molar-refractivity contribution in [2.75, 3.05) is 0 Å². The first kappa shape index (κ1) is 24.8. The normalized spacial score (nSPS) is 11.1. The molecule has 0 spiro atoms. The highest BCUT2D eigenvalue weighted by atomic mass is 19.2.